The Hall–Kier alpha value is -3.77. The van der Waals surface area contributed by atoms with Crippen molar-refractivity contribution in [2.24, 2.45) is 5.10 Å². The van der Waals surface area contributed by atoms with Crippen molar-refractivity contribution in [2.45, 2.75) is 113 Å². The molecule has 0 aromatic heterocycles. The zero-order chi connectivity index (χ0) is 33.8. The van der Waals surface area contributed by atoms with Crippen LogP contribution in [0.25, 0.3) is 0 Å². The van der Waals surface area contributed by atoms with E-state index in [1.165, 1.54) is 0 Å². The molecule has 9 heteroatoms. The Bertz CT molecular complexity index is 1610. The molecule has 0 saturated carbocycles. The number of carbonyl (C=O) groups excluding carboxylic acids is 1. The van der Waals surface area contributed by atoms with E-state index in [9.17, 15) is 4.79 Å². The van der Waals surface area contributed by atoms with E-state index in [4.69, 9.17) is 23.0 Å². The average molecular weight is 649 g/mol. The number of hydrazone groups is 1. The van der Waals surface area contributed by atoms with Crippen molar-refractivity contribution in [3.63, 3.8) is 0 Å². The number of amides is 1. The molecular weight excluding hydrogens is 599 g/mol. The maximum absolute atomic E-state index is 14.4. The number of benzene rings is 3. The molecule has 3 aromatic carbocycles. The zero-order valence-electron chi connectivity index (χ0n) is 29.3. The van der Waals surface area contributed by atoms with Crippen LogP contribution in [-0.2, 0) is 31.2 Å². The summed E-state index contributed by atoms with van der Waals surface area (Å²) in [6.45, 7) is 24.4. The average Bonchev–Trinajstić information content (AvgIpc) is 3.24. The van der Waals surface area contributed by atoms with Gasteiger partial charge in [0.15, 0.2) is 0 Å². The molecule has 0 saturated heterocycles. The molecule has 8 nitrogen and oxygen atoms in total. The molecule has 0 atom stereocenters. The second-order valence-electron chi connectivity index (χ2n) is 15.0. The van der Waals surface area contributed by atoms with Crippen LogP contribution < -0.4 is 14.4 Å². The summed E-state index contributed by atoms with van der Waals surface area (Å²) in [5, 5.41) is 5.18. The quantitative estimate of drug-likeness (QED) is 0.263. The van der Waals surface area contributed by atoms with Crippen molar-refractivity contribution in [3.8, 4) is 11.5 Å². The van der Waals surface area contributed by atoms with Crippen LogP contribution in [0.5, 0.6) is 11.5 Å². The molecule has 2 aliphatic rings. The van der Waals surface area contributed by atoms with Crippen LogP contribution in [0.4, 0.5) is 4.79 Å². The summed E-state index contributed by atoms with van der Waals surface area (Å²) in [5.74, 6) is 1.18. The summed E-state index contributed by atoms with van der Waals surface area (Å²) in [4.78, 5) is 14.4. The van der Waals surface area contributed by atoms with E-state index in [0.717, 1.165) is 38.2 Å². The number of aryl methyl sites for hydroxylation is 2. The van der Waals surface area contributed by atoms with E-state index in [2.05, 4.69) is 84.8 Å². The molecule has 2 heterocycles. The third kappa shape index (κ3) is 5.92. The molecule has 0 radical (unpaired) electrons. The monoisotopic (exact) mass is 648 g/mol. The molecule has 46 heavy (non-hydrogen) atoms. The van der Waals surface area contributed by atoms with Gasteiger partial charge in [-0.2, -0.15) is 0 Å². The van der Waals surface area contributed by atoms with Gasteiger partial charge < -0.3 is 0 Å². The number of fused-ring (bicyclic) bond motifs is 2. The SMILES string of the molecule is Cc1cc2c(c(C(C)(C)C)c1)OP1(c3ccccc3)(OC(OC(C)C)=NN1C(=O)OC(C)C)Oc1c(cc(C)cc1C(C)(C)C)C2. The summed E-state index contributed by atoms with van der Waals surface area (Å²) in [7, 11) is -5.19. The number of nitrogens with zero attached hydrogens (tertiary/aromatic N) is 2. The summed E-state index contributed by atoms with van der Waals surface area (Å²) in [6.07, 6.45) is -1.12. The van der Waals surface area contributed by atoms with E-state index < -0.39 is 19.6 Å². The summed E-state index contributed by atoms with van der Waals surface area (Å²) in [6, 6.07) is 17.9. The molecule has 248 valence electrons. The predicted molar refractivity (Wildman–Crippen MR) is 185 cm³/mol. The normalized spacial score (nSPS) is 17.7. The Balaban J connectivity index is 2.00. The molecule has 3 aromatic rings. The third-order valence-electron chi connectivity index (χ3n) is 7.89. The van der Waals surface area contributed by atoms with Crippen LogP contribution in [0.1, 0.15) is 103 Å². The minimum atomic E-state index is -5.19. The van der Waals surface area contributed by atoms with Gasteiger partial charge in [0, 0.05) is 0 Å². The topological polar surface area (TPSA) is 78.8 Å². The fourth-order valence-corrected chi connectivity index (χ4v) is 9.46. The summed E-state index contributed by atoms with van der Waals surface area (Å²) >= 11 is 0. The van der Waals surface area contributed by atoms with Gasteiger partial charge in [-0.1, -0.05) is 0 Å². The maximum atomic E-state index is 14.4. The van der Waals surface area contributed by atoms with Gasteiger partial charge in [-0.05, 0) is 0 Å². The second-order valence-corrected chi connectivity index (χ2v) is 18.1. The van der Waals surface area contributed by atoms with E-state index in [1.807, 2.05) is 44.2 Å². The summed E-state index contributed by atoms with van der Waals surface area (Å²) < 4.78 is 35.0. The van der Waals surface area contributed by atoms with Crippen LogP contribution >= 0.6 is 7.43 Å². The van der Waals surface area contributed by atoms with E-state index in [1.54, 1.807) is 13.8 Å². The Kier molecular flexibility index (Phi) is 8.39. The van der Waals surface area contributed by atoms with E-state index in [0.29, 0.717) is 23.2 Å². The van der Waals surface area contributed by atoms with Gasteiger partial charge in [-0.15, -0.1) is 0 Å². The number of carbonyl (C=O) groups is 1. The first-order valence-electron chi connectivity index (χ1n) is 16.1. The van der Waals surface area contributed by atoms with Gasteiger partial charge >= 0.3 is 275 Å². The first kappa shape index (κ1) is 33.6. The Morgan fingerprint density at radius 2 is 1.28 bits per heavy atom. The minimum absolute atomic E-state index is 0.130. The van der Waals surface area contributed by atoms with Gasteiger partial charge in [-0.3, -0.25) is 0 Å². The molecule has 2 aliphatic heterocycles. The molecule has 0 N–H and O–H groups in total. The Morgan fingerprint density at radius 1 is 0.783 bits per heavy atom. The molecule has 1 amide bonds. The van der Waals surface area contributed by atoms with Gasteiger partial charge in [0.25, 0.3) is 0 Å². The van der Waals surface area contributed by atoms with Gasteiger partial charge in [0.2, 0.25) is 0 Å². The summed E-state index contributed by atoms with van der Waals surface area (Å²) in [5.41, 5.74) is 5.35. The van der Waals surface area contributed by atoms with Crippen molar-refractivity contribution in [2.75, 3.05) is 0 Å². The second kappa shape index (κ2) is 11.5. The molecule has 0 aliphatic carbocycles. The van der Waals surface area contributed by atoms with E-state index >= 15 is 0 Å². The molecule has 0 fully saturated rings. The van der Waals surface area contributed by atoms with Crippen molar-refractivity contribution >= 4 is 24.9 Å². The van der Waals surface area contributed by atoms with Crippen molar-refractivity contribution < 1.29 is 27.8 Å². The van der Waals surface area contributed by atoms with Crippen LogP contribution in [0.3, 0.4) is 0 Å². The zero-order valence-corrected chi connectivity index (χ0v) is 30.2. The fraction of sp³-hybridized carbons (Fsp3) is 0.459. The number of hydrogen-bond donors (Lipinski definition) is 0. The van der Waals surface area contributed by atoms with Crippen molar-refractivity contribution in [3.05, 3.63) is 88.0 Å². The Morgan fingerprint density at radius 3 is 1.72 bits per heavy atom. The van der Waals surface area contributed by atoms with Gasteiger partial charge in [0.1, 0.15) is 0 Å². The number of hydrogen-bond acceptors (Lipinski definition) is 7. The van der Waals surface area contributed by atoms with Gasteiger partial charge in [0.05, 0.1) is 0 Å². The molecule has 0 unspecified atom stereocenters. The first-order valence-corrected chi connectivity index (χ1v) is 18.0. The van der Waals surface area contributed by atoms with Crippen molar-refractivity contribution in [1.82, 2.24) is 4.78 Å². The van der Waals surface area contributed by atoms with Gasteiger partial charge in [-0.25, -0.2) is 0 Å². The molecular formula is C37H49N2O6P. The third-order valence-corrected chi connectivity index (χ3v) is 11.4. The Labute approximate surface area is 274 Å². The van der Waals surface area contributed by atoms with Crippen molar-refractivity contribution in [1.29, 1.82) is 0 Å². The van der Waals surface area contributed by atoms with Crippen LogP contribution in [0.15, 0.2) is 59.7 Å². The van der Waals surface area contributed by atoms with Crippen LogP contribution in [0.2, 0.25) is 0 Å². The predicted octanol–water partition coefficient (Wildman–Crippen LogP) is 9.37. The first-order chi connectivity index (χ1) is 21.3. The van der Waals surface area contributed by atoms with E-state index in [-0.39, 0.29) is 23.0 Å². The molecule has 5 rings (SSSR count). The van der Waals surface area contributed by atoms with Crippen LogP contribution in [0, 0.1) is 13.8 Å². The molecule has 0 bridgehead atoms. The standard InChI is InChI=1S/C37H49N2O6P/c1-23(2)41-34-38-39(35(40)42-24(3)4)46(45-34,29-16-14-13-15-17-29)43-32-27(18-25(5)20-30(32)36(7,8)9)22-28-19-26(6)21-31(33(28)44-46)37(10,11)12/h13-21,23-24H,22H2,1-12H3. The number of rotatable bonds is 3. The van der Waals surface area contributed by atoms with Crippen LogP contribution in [-0.4, -0.2) is 29.2 Å². The fourth-order valence-electron chi connectivity index (χ4n) is 5.92. The molecule has 1 spiro atoms. The number of ether oxygens (including phenoxy) is 2.